The Bertz CT molecular complexity index is 1000. The number of carbonyl (C=O) groups excluding carboxylic acids is 1. The number of carboxylic acids is 1. The lowest BCUT2D eigenvalue weighted by molar-refractivity contribution is -0.137. The summed E-state index contributed by atoms with van der Waals surface area (Å²) in [6.45, 7) is 1.36. The molecule has 1 N–H and O–H groups in total. The number of aliphatic carboxylic acids is 1. The predicted molar refractivity (Wildman–Crippen MR) is 104 cm³/mol. The van der Waals surface area contributed by atoms with E-state index < -0.39 is 5.97 Å². The van der Waals surface area contributed by atoms with Crippen LogP contribution in [0, 0.1) is 0 Å². The summed E-state index contributed by atoms with van der Waals surface area (Å²) >= 11 is 0. The molecule has 0 unspecified atom stereocenters. The number of carbonyl (C=O) groups is 2. The Hall–Kier alpha value is -3.41. The summed E-state index contributed by atoms with van der Waals surface area (Å²) in [5.41, 5.74) is 3.01. The fourth-order valence-electron chi connectivity index (χ4n) is 3.36. The molecule has 3 aromatic rings. The van der Waals surface area contributed by atoms with Gasteiger partial charge in [0.2, 0.25) is 0 Å². The van der Waals surface area contributed by atoms with Crippen molar-refractivity contribution in [2.24, 2.45) is 0 Å². The molecule has 1 aliphatic heterocycles. The van der Waals surface area contributed by atoms with Gasteiger partial charge in [-0.1, -0.05) is 24.3 Å². The molecule has 0 bridgehead atoms. The number of anilines is 1. The standard InChI is InChI=1S/C21H19N3O3/c25-20(26)8-10-23-11-12-24(21(23)27)19-5-3-15(4-6-19)16-1-2-18-14-22-9-7-17(18)13-16/h1-7,9,13-14H,8,10-12H2,(H,25,26). The summed E-state index contributed by atoms with van der Waals surface area (Å²) in [7, 11) is 0. The van der Waals surface area contributed by atoms with Crippen molar-refractivity contribution < 1.29 is 14.7 Å². The fourth-order valence-corrected chi connectivity index (χ4v) is 3.36. The SMILES string of the molecule is O=C(O)CCN1CCN(c2ccc(-c3ccc4cnccc4c3)cc2)C1=O. The average molecular weight is 361 g/mol. The van der Waals surface area contributed by atoms with Crippen LogP contribution in [-0.2, 0) is 4.79 Å². The number of hydrogen-bond donors (Lipinski definition) is 1. The third-order valence-corrected chi connectivity index (χ3v) is 4.84. The Morgan fingerprint density at radius 1 is 1.00 bits per heavy atom. The molecule has 1 aliphatic rings. The summed E-state index contributed by atoms with van der Waals surface area (Å²) in [6, 6.07) is 16.0. The predicted octanol–water partition coefficient (Wildman–Crippen LogP) is 3.62. The van der Waals surface area contributed by atoms with E-state index in [1.807, 2.05) is 36.5 Å². The molecule has 4 rings (SSSR count). The number of carboxylic acid groups (broad SMARTS) is 1. The summed E-state index contributed by atoms with van der Waals surface area (Å²) in [5.74, 6) is -0.892. The molecule has 6 heteroatoms. The number of amides is 2. The number of urea groups is 1. The van der Waals surface area contributed by atoms with E-state index in [-0.39, 0.29) is 19.0 Å². The van der Waals surface area contributed by atoms with Gasteiger partial charge in [0.1, 0.15) is 0 Å². The quantitative estimate of drug-likeness (QED) is 0.753. The third-order valence-electron chi connectivity index (χ3n) is 4.84. The topological polar surface area (TPSA) is 73.7 Å². The number of rotatable bonds is 5. The molecule has 2 heterocycles. The van der Waals surface area contributed by atoms with Gasteiger partial charge < -0.3 is 10.0 Å². The first-order chi connectivity index (χ1) is 13.1. The minimum absolute atomic E-state index is 0.0317. The van der Waals surface area contributed by atoms with Crippen molar-refractivity contribution in [1.29, 1.82) is 0 Å². The molecule has 6 nitrogen and oxygen atoms in total. The van der Waals surface area contributed by atoms with Crippen LogP contribution in [0.1, 0.15) is 6.42 Å². The first-order valence-electron chi connectivity index (χ1n) is 8.84. The van der Waals surface area contributed by atoms with Gasteiger partial charge in [0, 0.05) is 43.1 Å². The van der Waals surface area contributed by atoms with Crippen LogP contribution in [0.5, 0.6) is 0 Å². The van der Waals surface area contributed by atoms with E-state index in [2.05, 4.69) is 23.2 Å². The number of nitrogens with zero attached hydrogens (tertiary/aromatic N) is 3. The van der Waals surface area contributed by atoms with Crippen molar-refractivity contribution in [3.8, 4) is 11.1 Å². The maximum atomic E-state index is 12.5. The number of benzene rings is 2. The molecule has 1 fully saturated rings. The highest BCUT2D eigenvalue weighted by Gasteiger charge is 2.29. The number of aromatic nitrogens is 1. The lowest BCUT2D eigenvalue weighted by atomic mass is 10.0. The number of fused-ring (bicyclic) bond motifs is 1. The molecule has 0 radical (unpaired) electrons. The highest BCUT2D eigenvalue weighted by Crippen LogP contribution is 2.27. The van der Waals surface area contributed by atoms with E-state index in [9.17, 15) is 9.59 Å². The smallest absolute Gasteiger partial charge is 0.324 e. The molecule has 0 atom stereocenters. The first-order valence-corrected chi connectivity index (χ1v) is 8.84. The Balaban J connectivity index is 1.52. The van der Waals surface area contributed by atoms with Crippen molar-refractivity contribution in [1.82, 2.24) is 9.88 Å². The van der Waals surface area contributed by atoms with Gasteiger partial charge >= 0.3 is 12.0 Å². The van der Waals surface area contributed by atoms with Crippen LogP contribution in [0.3, 0.4) is 0 Å². The maximum absolute atomic E-state index is 12.5. The highest BCUT2D eigenvalue weighted by atomic mass is 16.4. The van der Waals surface area contributed by atoms with E-state index in [0.29, 0.717) is 13.1 Å². The normalized spacial score (nSPS) is 14.1. The van der Waals surface area contributed by atoms with E-state index in [1.165, 1.54) is 0 Å². The molecule has 0 aliphatic carbocycles. The summed E-state index contributed by atoms with van der Waals surface area (Å²) < 4.78 is 0. The molecule has 0 saturated carbocycles. The number of pyridine rings is 1. The maximum Gasteiger partial charge on any atom is 0.324 e. The van der Waals surface area contributed by atoms with Gasteiger partial charge in [-0.3, -0.25) is 14.7 Å². The Morgan fingerprint density at radius 3 is 2.56 bits per heavy atom. The van der Waals surface area contributed by atoms with Crippen molar-refractivity contribution in [2.75, 3.05) is 24.5 Å². The lowest BCUT2D eigenvalue weighted by Crippen LogP contribution is -2.33. The summed E-state index contributed by atoms with van der Waals surface area (Å²) in [5, 5.41) is 11.0. The van der Waals surface area contributed by atoms with Crippen LogP contribution in [-0.4, -0.2) is 46.6 Å². The van der Waals surface area contributed by atoms with Gasteiger partial charge in [-0.2, -0.15) is 0 Å². The Kier molecular flexibility index (Phi) is 4.46. The molecule has 136 valence electrons. The van der Waals surface area contributed by atoms with Crippen LogP contribution in [0.2, 0.25) is 0 Å². The average Bonchev–Trinajstić information content (AvgIpc) is 3.06. The second-order valence-electron chi connectivity index (χ2n) is 6.55. The molecular formula is C21H19N3O3. The van der Waals surface area contributed by atoms with Gasteiger partial charge in [-0.25, -0.2) is 4.79 Å². The molecule has 1 saturated heterocycles. The zero-order valence-corrected chi connectivity index (χ0v) is 14.7. The second kappa shape index (κ2) is 7.07. The van der Waals surface area contributed by atoms with Crippen LogP contribution in [0.15, 0.2) is 60.9 Å². The van der Waals surface area contributed by atoms with E-state index in [1.54, 1.807) is 16.0 Å². The zero-order chi connectivity index (χ0) is 18.8. The minimum Gasteiger partial charge on any atom is -0.481 e. The highest BCUT2D eigenvalue weighted by molar-refractivity contribution is 5.94. The van der Waals surface area contributed by atoms with Gasteiger partial charge in [0.05, 0.1) is 6.42 Å². The number of hydrogen-bond acceptors (Lipinski definition) is 3. The van der Waals surface area contributed by atoms with E-state index in [0.717, 1.165) is 27.6 Å². The fraction of sp³-hybridized carbons (Fsp3) is 0.190. The molecular weight excluding hydrogens is 342 g/mol. The van der Waals surface area contributed by atoms with Crippen molar-refractivity contribution in [3.63, 3.8) is 0 Å². The Morgan fingerprint density at radius 2 is 1.78 bits per heavy atom. The van der Waals surface area contributed by atoms with Crippen LogP contribution in [0.25, 0.3) is 21.9 Å². The molecule has 2 amide bonds. The zero-order valence-electron chi connectivity index (χ0n) is 14.7. The molecule has 2 aromatic carbocycles. The third kappa shape index (κ3) is 3.46. The monoisotopic (exact) mass is 361 g/mol. The van der Waals surface area contributed by atoms with Gasteiger partial charge in [0.15, 0.2) is 0 Å². The molecule has 27 heavy (non-hydrogen) atoms. The van der Waals surface area contributed by atoms with Crippen LogP contribution >= 0.6 is 0 Å². The second-order valence-corrected chi connectivity index (χ2v) is 6.55. The van der Waals surface area contributed by atoms with Gasteiger partial charge in [-0.15, -0.1) is 0 Å². The van der Waals surface area contributed by atoms with Crippen molar-refractivity contribution >= 4 is 28.5 Å². The summed E-state index contributed by atoms with van der Waals surface area (Å²) in [6.07, 6.45) is 3.59. The van der Waals surface area contributed by atoms with E-state index >= 15 is 0 Å². The van der Waals surface area contributed by atoms with Crippen molar-refractivity contribution in [2.45, 2.75) is 6.42 Å². The van der Waals surface area contributed by atoms with Crippen LogP contribution < -0.4 is 4.90 Å². The molecule has 0 spiro atoms. The van der Waals surface area contributed by atoms with Crippen molar-refractivity contribution in [3.05, 3.63) is 60.9 Å². The van der Waals surface area contributed by atoms with E-state index in [4.69, 9.17) is 5.11 Å². The lowest BCUT2D eigenvalue weighted by Gasteiger charge is -2.18. The minimum atomic E-state index is -0.892. The van der Waals surface area contributed by atoms with Gasteiger partial charge in [-0.05, 0) is 40.8 Å². The Labute approximate surface area is 156 Å². The van der Waals surface area contributed by atoms with Gasteiger partial charge in [0.25, 0.3) is 0 Å². The van der Waals surface area contributed by atoms with Crippen LogP contribution in [0.4, 0.5) is 10.5 Å². The summed E-state index contributed by atoms with van der Waals surface area (Å²) in [4.78, 5) is 30.6. The molecule has 1 aromatic heterocycles. The largest absolute Gasteiger partial charge is 0.481 e. The first kappa shape index (κ1) is 17.0.